The average Bonchev–Trinajstić information content (AvgIpc) is 3.31. The molecule has 0 saturated heterocycles. The summed E-state index contributed by atoms with van der Waals surface area (Å²) in [5.41, 5.74) is 0. The Morgan fingerprint density at radius 2 is 1.86 bits per heavy atom. The number of esters is 1. The first-order valence-electron chi connectivity index (χ1n) is 8.06. The molecule has 0 spiro atoms. The maximum absolute atomic E-state index is 11.8. The van der Waals surface area contributed by atoms with E-state index in [9.17, 15) is 14.4 Å². The van der Waals surface area contributed by atoms with Crippen LogP contribution in [-0.4, -0.2) is 38.0 Å². The zero-order valence-corrected chi connectivity index (χ0v) is 13.8. The zero-order valence-electron chi connectivity index (χ0n) is 13.8. The highest BCUT2D eigenvalue weighted by molar-refractivity contribution is 5.81. The number of amides is 2. The van der Waals surface area contributed by atoms with Gasteiger partial charge < -0.3 is 15.4 Å². The van der Waals surface area contributed by atoms with Gasteiger partial charge in [0.1, 0.15) is 0 Å². The third-order valence-electron chi connectivity index (χ3n) is 3.66. The van der Waals surface area contributed by atoms with Gasteiger partial charge in [-0.1, -0.05) is 13.8 Å². The number of carbonyl (C=O) groups is 3. The molecule has 0 aliphatic heterocycles. The summed E-state index contributed by atoms with van der Waals surface area (Å²) in [5, 5.41) is 5.60. The molecule has 1 aliphatic rings. The molecule has 1 atom stereocenters. The van der Waals surface area contributed by atoms with Gasteiger partial charge in [0.25, 0.3) is 0 Å². The lowest BCUT2D eigenvalue weighted by molar-refractivity contribution is -0.146. The van der Waals surface area contributed by atoms with Crippen LogP contribution in [-0.2, 0) is 19.1 Å². The van der Waals surface area contributed by atoms with E-state index < -0.39 is 0 Å². The van der Waals surface area contributed by atoms with E-state index in [0.717, 1.165) is 12.8 Å². The van der Waals surface area contributed by atoms with Crippen LogP contribution in [0.2, 0.25) is 0 Å². The van der Waals surface area contributed by atoms with E-state index in [4.69, 9.17) is 4.74 Å². The summed E-state index contributed by atoms with van der Waals surface area (Å²) in [6.07, 6.45) is 3.61. The lowest BCUT2D eigenvalue weighted by atomic mass is 9.97. The molecule has 1 aliphatic carbocycles. The first kappa shape index (κ1) is 18.5. The van der Waals surface area contributed by atoms with Crippen molar-refractivity contribution in [2.24, 2.45) is 17.8 Å². The molecule has 0 aromatic heterocycles. The Bertz CT molecular complexity index is 392. The van der Waals surface area contributed by atoms with Crippen LogP contribution in [0.15, 0.2) is 0 Å². The van der Waals surface area contributed by atoms with E-state index >= 15 is 0 Å². The quantitative estimate of drug-likeness (QED) is 0.469. The number of nitrogens with one attached hydrogen (secondary N) is 2. The Balaban J connectivity index is 2.16. The fourth-order valence-corrected chi connectivity index (χ4v) is 2.27. The van der Waals surface area contributed by atoms with Gasteiger partial charge in [0.05, 0.1) is 13.0 Å². The number of hydrogen-bond donors (Lipinski definition) is 2. The highest BCUT2D eigenvalue weighted by Crippen LogP contribution is 2.28. The molecular weight excluding hydrogens is 284 g/mol. The van der Waals surface area contributed by atoms with Crippen molar-refractivity contribution in [3.8, 4) is 0 Å². The van der Waals surface area contributed by atoms with Crippen molar-refractivity contribution >= 4 is 17.8 Å². The van der Waals surface area contributed by atoms with E-state index in [1.165, 1.54) is 7.11 Å². The Morgan fingerprint density at radius 1 is 1.18 bits per heavy atom. The second kappa shape index (κ2) is 9.43. The number of carbonyl (C=O) groups excluding carboxylic acids is 3. The van der Waals surface area contributed by atoms with E-state index in [1.54, 1.807) is 0 Å². The molecule has 1 unspecified atom stereocenters. The molecule has 0 bridgehead atoms. The van der Waals surface area contributed by atoms with E-state index in [1.807, 2.05) is 13.8 Å². The molecule has 1 fully saturated rings. The highest BCUT2D eigenvalue weighted by atomic mass is 16.5. The van der Waals surface area contributed by atoms with Crippen LogP contribution in [0.5, 0.6) is 0 Å². The normalized spacial score (nSPS) is 15.3. The lowest BCUT2D eigenvalue weighted by Crippen LogP contribution is -2.34. The summed E-state index contributed by atoms with van der Waals surface area (Å²) < 4.78 is 4.76. The maximum Gasteiger partial charge on any atom is 0.310 e. The van der Waals surface area contributed by atoms with Gasteiger partial charge in [0.15, 0.2) is 0 Å². The van der Waals surface area contributed by atoms with Crippen molar-refractivity contribution in [3.63, 3.8) is 0 Å². The summed E-state index contributed by atoms with van der Waals surface area (Å²) in [7, 11) is 1.36. The minimum Gasteiger partial charge on any atom is -0.469 e. The number of ether oxygens (including phenoxy) is 1. The van der Waals surface area contributed by atoms with E-state index in [2.05, 4.69) is 10.6 Å². The molecule has 0 radical (unpaired) electrons. The van der Waals surface area contributed by atoms with Crippen molar-refractivity contribution in [1.82, 2.24) is 10.6 Å². The lowest BCUT2D eigenvalue weighted by Gasteiger charge is -2.17. The molecule has 0 heterocycles. The molecule has 2 amide bonds. The molecule has 22 heavy (non-hydrogen) atoms. The first-order chi connectivity index (χ1) is 10.4. The maximum atomic E-state index is 11.8. The van der Waals surface area contributed by atoms with Gasteiger partial charge in [-0.25, -0.2) is 0 Å². The van der Waals surface area contributed by atoms with Gasteiger partial charge in [0.2, 0.25) is 11.8 Å². The van der Waals surface area contributed by atoms with Gasteiger partial charge in [-0.15, -0.1) is 0 Å². The first-order valence-corrected chi connectivity index (χ1v) is 8.06. The second-order valence-electron chi connectivity index (χ2n) is 6.32. The van der Waals surface area contributed by atoms with Crippen molar-refractivity contribution < 1.29 is 19.1 Å². The molecular formula is C16H28N2O4. The number of rotatable bonds is 10. The van der Waals surface area contributed by atoms with Crippen molar-refractivity contribution in [2.45, 2.75) is 46.0 Å². The standard InChI is InChI=1S/C16H28N2O4/c1-11(2)9-13(16(21)22-3)10-18-14(19)5-4-8-17-15(20)12-6-7-12/h11-13H,4-10H2,1-3H3,(H,17,20)(H,18,19). The van der Waals surface area contributed by atoms with Gasteiger partial charge in [-0.05, 0) is 31.6 Å². The second-order valence-corrected chi connectivity index (χ2v) is 6.32. The third-order valence-corrected chi connectivity index (χ3v) is 3.66. The van der Waals surface area contributed by atoms with Crippen LogP contribution in [0.25, 0.3) is 0 Å². The largest absolute Gasteiger partial charge is 0.469 e. The minimum atomic E-state index is -0.302. The Morgan fingerprint density at radius 3 is 2.41 bits per heavy atom. The summed E-state index contributed by atoms with van der Waals surface area (Å²) >= 11 is 0. The van der Waals surface area contributed by atoms with Gasteiger partial charge in [-0.3, -0.25) is 14.4 Å². The number of methoxy groups -OCH3 is 1. The zero-order chi connectivity index (χ0) is 16.5. The summed E-state index contributed by atoms with van der Waals surface area (Å²) in [5.74, 6) is -0.0278. The molecule has 1 rings (SSSR count). The van der Waals surface area contributed by atoms with Crippen LogP contribution in [0.1, 0.15) is 46.0 Å². The molecule has 1 saturated carbocycles. The third kappa shape index (κ3) is 7.43. The summed E-state index contributed by atoms with van der Waals surface area (Å²) in [6.45, 7) is 4.88. The van der Waals surface area contributed by atoms with Gasteiger partial charge >= 0.3 is 5.97 Å². The van der Waals surface area contributed by atoms with Crippen LogP contribution >= 0.6 is 0 Å². The van der Waals surface area contributed by atoms with Crippen molar-refractivity contribution in [1.29, 1.82) is 0 Å². The summed E-state index contributed by atoms with van der Waals surface area (Å²) in [4.78, 5) is 34.8. The molecule has 6 heteroatoms. The molecule has 2 N–H and O–H groups in total. The molecule has 0 aromatic carbocycles. The fourth-order valence-electron chi connectivity index (χ4n) is 2.27. The van der Waals surface area contributed by atoms with Crippen LogP contribution in [0.3, 0.4) is 0 Å². The van der Waals surface area contributed by atoms with Crippen molar-refractivity contribution in [2.75, 3.05) is 20.2 Å². The topological polar surface area (TPSA) is 84.5 Å². The van der Waals surface area contributed by atoms with E-state index in [-0.39, 0.29) is 29.6 Å². The summed E-state index contributed by atoms with van der Waals surface area (Å²) in [6, 6.07) is 0. The Kier molecular flexibility index (Phi) is 7.91. The van der Waals surface area contributed by atoms with Crippen LogP contribution in [0, 0.1) is 17.8 Å². The van der Waals surface area contributed by atoms with Crippen LogP contribution in [0.4, 0.5) is 0 Å². The fraction of sp³-hybridized carbons (Fsp3) is 0.812. The van der Waals surface area contributed by atoms with Gasteiger partial charge in [0, 0.05) is 25.4 Å². The Hall–Kier alpha value is -1.59. The molecule has 0 aromatic rings. The average molecular weight is 312 g/mol. The predicted octanol–water partition coefficient (Wildman–Crippen LogP) is 1.24. The van der Waals surface area contributed by atoms with Gasteiger partial charge in [-0.2, -0.15) is 0 Å². The minimum absolute atomic E-state index is 0.0988. The Labute approximate surface area is 132 Å². The predicted molar refractivity (Wildman–Crippen MR) is 82.9 cm³/mol. The monoisotopic (exact) mass is 312 g/mol. The number of hydrogen-bond acceptors (Lipinski definition) is 4. The molecule has 6 nitrogen and oxygen atoms in total. The van der Waals surface area contributed by atoms with Crippen LogP contribution < -0.4 is 10.6 Å². The SMILES string of the molecule is COC(=O)C(CNC(=O)CCCNC(=O)C1CC1)CC(C)C. The highest BCUT2D eigenvalue weighted by Gasteiger charge is 2.29. The molecule has 126 valence electrons. The van der Waals surface area contributed by atoms with Crippen molar-refractivity contribution in [3.05, 3.63) is 0 Å². The smallest absolute Gasteiger partial charge is 0.310 e. The van der Waals surface area contributed by atoms with E-state index in [0.29, 0.717) is 38.3 Å².